The maximum Gasteiger partial charge on any atom is 0.251 e. The summed E-state index contributed by atoms with van der Waals surface area (Å²) in [5.74, 6) is -1.86. The van der Waals surface area contributed by atoms with Gasteiger partial charge in [0.15, 0.2) is 0 Å². The van der Waals surface area contributed by atoms with Crippen LogP contribution in [0.15, 0.2) is 42.5 Å². The van der Waals surface area contributed by atoms with Gasteiger partial charge in [0.1, 0.15) is 6.04 Å². The maximum atomic E-state index is 14.5. The van der Waals surface area contributed by atoms with Crippen molar-refractivity contribution in [1.29, 1.82) is 0 Å². The fourth-order valence-corrected chi connectivity index (χ4v) is 9.18. The quantitative estimate of drug-likeness (QED) is 0.576. The summed E-state index contributed by atoms with van der Waals surface area (Å²) in [7, 11) is 0. The molecule has 4 aliphatic rings. The van der Waals surface area contributed by atoms with Crippen LogP contribution >= 0.6 is 23.4 Å². The summed E-state index contributed by atoms with van der Waals surface area (Å²) in [5, 5.41) is 10.6. The summed E-state index contributed by atoms with van der Waals surface area (Å²) in [6.45, 7) is 8.86. The van der Waals surface area contributed by atoms with Gasteiger partial charge in [-0.2, -0.15) is 0 Å². The lowest BCUT2D eigenvalue weighted by Gasteiger charge is -2.39. The summed E-state index contributed by atoms with van der Waals surface area (Å²) >= 11 is 8.14. The van der Waals surface area contributed by atoms with Crippen molar-refractivity contribution in [1.82, 2.24) is 9.80 Å². The molecule has 3 amide bonds. The van der Waals surface area contributed by atoms with Gasteiger partial charge in [0.05, 0.1) is 39.9 Å². The number of hydrogen-bond donors (Lipinski definition) is 1. The number of amides is 3. The number of aliphatic hydroxyl groups excluding tert-OH is 1. The van der Waals surface area contributed by atoms with E-state index in [2.05, 4.69) is 6.08 Å². The Labute approximate surface area is 227 Å². The van der Waals surface area contributed by atoms with Gasteiger partial charge in [-0.05, 0) is 38.8 Å². The number of anilines is 1. The number of fused-ring (bicyclic) bond motifs is 2. The van der Waals surface area contributed by atoms with Gasteiger partial charge in [-0.3, -0.25) is 14.4 Å². The number of carbonyl (C=O) groups excluding carboxylic acids is 3. The summed E-state index contributed by atoms with van der Waals surface area (Å²) in [4.78, 5) is 47.8. The van der Waals surface area contributed by atoms with Crippen molar-refractivity contribution < 1.29 is 19.5 Å². The normalized spacial score (nSPS) is 33.8. The minimum Gasteiger partial charge on any atom is -0.394 e. The summed E-state index contributed by atoms with van der Waals surface area (Å²) < 4.78 is -1.59. The Morgan fingerprint density at radius 3 is 2.51 bits per heavy atom. The first-order chi connectivity index (χ1) is 17.6. The Kier molecular flexibility index (Phi) is 6.74. The van der Waals surface area contributed by atoms with Crippen molar-refractivity contribution in [2.45, 2.75) is 55.7 Å². The van der Waals surface area contributed by atoms with Crippen LogP contribution in [0.25, 0.3) is 0 Å². The highest BCUT2D eigenvalue weighted by atomic mass is 35.5. The van der Waals surface area contributed by atoms with Crippen molar-refractivity contribution >= 4 is 46.8 Å². The molecule has 2 fully saturated rings. The topological polar surface area (TPSA) is 81.2 Å². The van der Waals surface area contributed by atoms with Crippen molar-refractivity contribution in [3.63, 3.8) is 0 Å². The van der Waals surface area contributed by atoms with Crippen LogP contribution in [0.4, 0.5) is 5.69 Å². The highest BCUT2D eigenvalue weighted by molar-refractivity contribution is 8.02. The average molecular weight is 544 g/mol. The molecule has 5 rings (SSSR count). The smallest absolute Gasteiger partial charge is 0.251 e. The molecule has 0 radical (unpaired) electrons. The first-order valence-corrected chi connectivity index (χ1v) is 14.1. The lowest BCUT2D eigenvalue weighted by Crippen LogP contribution is -2.56. The van der Waals surface area contributed by atoms with E-state index in [0.29, 0.717) is 30.3 Å². The lowest BCUT2D eigenvalue weighted by atomic mass is 9.74. The molecule has 4 aliphatic heterocycles. The molecule has 1 aromatic rings. The molecule has 37 heavy (non-hydrogen) atoms. The standard InChI is InChI=1S/C28H34ClN3O4S/c1-5-13-30-14-7-11-27(4)20(24(30)34)21-25(35)32(18(3)16-33)23-26(36)31(15-8-12-28(21,23)37-27)22-17(2)9-6-10-19(22)29/h6-12,18,20-21,23,33H,5,13-16H2,1-4H3/t18-,20-,21+,23?,27+,28+/m1/s1. The van der Waals surface area contributed by atoms with Gasteiger partial charge in [-0.15, -0.1) is 11.8 Å². The molecule has 7 nitrogen and oxygen atoms in total. The van der Waals surface area contributed by atoms with Gasteiger partial charge in [0, 0.05) is 24.4 Å². The number of aryl methyl sites for hydroxylation is 1. The van der Waals surface area contributed by atoms with E-state index in [1.807, 2.05) is 56.0 Å². The predicted octanol–water partition coefficient (Wildman–Crippen LogP) is 3.43. The van der Waals surface area contributed by atoms with Crippen LogP contribution in [0.1, 0.15) is 32.8 Å². The molecule has 0 bridgehead atoms. The molecular weight excluding hydrogens is 510 g/mol. The number of rotatable bonds is 5. The molecule has 198 valence electrons. The van der Waals surface area contributed by atoms with Crippen LogP contribution in [0.2, 0.25) is 5.02 Å². The molecule has 2 saturated heterocycles. The van der Waals surface area contributed by atoms with Gasteiger partial charge in [0.25, 0.3) is 5.91 Å². The van der Waals surface area contributed by atoms with E-state index in [1.165, 1.54) is 0 Å². The average Bonchev–Trinajstić information content (AvgIpc) is 3.14. The molecule has 6 atom stereocenters. The van der Waals surface area contributed by atoms with Crippen LogP contribution < -0.4 is 4.90 Å². The van der Waals surface area contributed by atoms with Crippen LogP contribution in [0, 0.1) is 18.8 Å². The van der Waals surface area contributed by atoms with Crippen LogP contribution in [0.3, 0.4) is 0 Å². The first kappa shape index (κ1) is 26.3. The monoisotopic (exact) mass is 543 g/mol. The summed E-state index contributed by atoms with van der Waals surface area (Å²) in [5.41, 5.74) is 1.48. The molecule has 0 aromatic heterocycles. The van der Waals surface area contributed by atoms with E-state index in [1.54, 1.807) is 34.6 Å². The summed E-state index contributed by atoms with van der Waals surface area (Å²) in [6, 6.07) is 4.05. The Morgan fingerprint density at radius 1 is 1.11 bits per heavy atom. The molecule has 1 N–H and O–H groups in total. The zero-order valence-corrected chi connectivity index (χ0v) is 23.3. The molecule has 1 aromatic carbocycles. The van der Waals surface area contributed by atoms with Crippen molar-refractivity contribution in [3.8, 4) is 0 Å². The Morgan fingerprint density at radius 2 is 1.84 bits per heavy atom. The van der Waals surface area contributed by atoms with Crippen LogP contribution in [0.5, 0.6) is 0 Å². The van der Waals surface area contributed by atoms with E-state index in [4.69, 9.17) is 11.6 Å². The third-order valence-corrected chi connectivity index (χ3v) is 10.4. The largest absolute Gasteiger partial charge is 0.394 e. The second kappa shape index (κ2) is 9.47. The maximum absolute atomic E-state index is 14.5. The van der Waals surface area contributed by atoms with Gasteiger partial charge in [-0.25, -0.2) is 0 Å². The number of para-hydroxylation sites is 1. The number of thioether (sulfide) groups is 1. The Hall–Kier alpha value is -2.29. The van der Waals surface area contributed by atoms with Gasteiger partial charge >= 0.3 is 0 Å². The zero-order valence-electron chi connectivity index (χ0n) is 21.7. The number of halogens is 1. The molecule has 9 heteroatoms. The Bertz CT molecular complexity index is 1180. The number of benzene rings is 1. The molecule has 0 saturated carbocycles. The molecule has 4 heterocycles. The minimum atomic E-state index is -0.948. The first-order valence-electron chi connectivity index (χ1n) is 12.9. The Balaban J connectivity index is 1.68. The molecule has 1 spiro atoms. The third kappa shape index (κ3) is 3.78. The number of carbonyl (C=O) groups is 3. The van der Waals surface area contributed by atoms with E-state index in [0.717, 1.165) is 12.0 Å². The van der Waals surface area contributed by atoms with Crippen molar-refractivity contribution in [2.24, 2.45) is 11.8 Å². The minimum absolute atomic E-state index is 0.0433. The molecular formula is C28H34ClN3O4S. The number of hydrogen-bond acceptors (Lipinski definition) is 5. The highest BCUT2D eigenvalue weighted by Gasteiger charge is 2.74. The number of nitrogens with zero attached hydrogens (tertiary/aromatic N) is 3. The van der Waals surface area contributed by atoms with E-state index < -0.39 is 33.4 Å². The highest BCUT2D eigenvalue weighted by Crippen LogP contribution is 2.66. The van der Waals surface area contributed by atoms with Gasteiger partial charge in [-0.1, -0.05) is 55.0 Å². The van der Waals surface area contributed by atoms with Crippen LogP contribution in [-0.4, -0.2) is 80.4 Å². The second-order valence-corrected chi connectivity index (χ2v) is 12.9. The van der Waals surface area contributed by atoms with Crippen molar-refractivity contribution in [2.75, 3.05) is 31.1 Å². The zero-order chi connectivity index (χ0) is 26.7. The van der Waals surface area contributed by atoms with Crippen molar-refractivity contribution in [3.05, 3.63) is 53.1 Å². The van der Waals surface area contributed by atoms with E-state index in [-0.39, 0.29) is 24.3 Å². The van der Waals surface area contributed by atoms with Gasteiger partial charge < -0.3 is 19.8 Å². The molecule has 0 aliphatic carbocycles. The van der Waals surface area contributed by atoms with E-state index in [9.17, 15) is 19.5 Å². The molecule has 1 unspecified atom stereocenters. The lowest BCUT2D eigenvalue weighted by molar-refractivity contribution is -0.145. The van der Waals surface area contributed by atoms with E-state index >= 15 is 0 Å². The number of likely N-dealkylation sites (tertiary alicyclic amines) is 1. The van der Waals surface area contributed by atoms with Gasteiger partial charge in [0.2, 0.25) is 11.8 Å². The van der Waals surface area contributed by atoms with Crippen LogP contribution in [-0.2, 0) is 14.4 Å². The predicted molar refractivity (Wildman–Crippen MR) is 147 cm³/mol. The SMILES string of the molecule is CCCN1CC=C[C@]2(C)S[C@]34C=CCN(c5c(C)cccc5Cl)C(=O)C3N([C@H](C)CO)C(=O)[C@@H]4[C@@H]2C1=O. The number of aliphatic hydroxyl groups is 1. The second-order valence-electron chi connectivity index (χ2n) is 10.7. The fourth-order valence-electron chi connectivity index (χ4n) is 6.71. The fraction of sp³-hybridized carbons (Fsp3) is 0.536. The summed E-state index contributed by atoms with van der Waals surface area (Å²) in [6.07, 6.45) is 8.83. The third-order valence-electron chi connectivity index (χ3n) is 8.27.